The lowest BCUT2D eigenvalue weighted by molar-refractivity contribution is 0.411. The van der Waals surface area contributed by atoms with Crippen molar-refractivity contribution < 1.29 is 4.74 Å². The molecule has 0 spiro atoms. The summed E-state index contributed by atoms with van der Waals surface area (Å²) in [6, 6.07) is 7.91. The number of hydrogen-bond donors (Lipinski definition) is 1. The summed E-state index contributed by atoms with van der Waals surface area (Å²) in [5, 5.41) is 10.3. The molecule has 2 heterocycles. The molecule has 23 heavy (non-hydrogen) atoms. The number of anilines is 1. The van der Waals surface area contributed by atoms with Gasteiger partial charge in [0.2, 0.25) is 0 Å². The number of methoxy groups -OCH3 is 1. The smallest absolute Gasteiger partial charge is 0.127 e. The molecule has 3 aromatic rings. The van der Waals surface area contributed by atoms with E-state index in [9.17, 15) is 5.26 Å². The van der Waals surface area contributed by atoms with Gasteiger partial charge in [-0.2, -0.15) is 5.26 Å². The van der Waals surface area contributed by atoms with Gasteiger partial charge in [0.05, 0.1) is 24.5 Å². The van der Waals surface area contributed by atoms with Crippen LogP contribution in [-0.4, -0.2) is 16.7 Å². The van der Waals surface area contributed by atoms with Crippen molar-refractivity contribution in [2.75, 3.05) is 12.8 Å². The fourth-order valence-corrected chi connectivity index (χ4v) is 3.25. The van der Waals surface area contributed by atoms with Crippen LogP contribution in [0, 0.1) is 25.2 Å². The fraction of sp³-hybridized carbons (Fsp3) is 0.176. The molecular weight excluding hydrogens is 356 g/mol. The number of nitriles is 1. The molecule has 0 saturated carbocycles. The average Bonchev–Trinajstić information content (AvgIpc) is 2.79. The number of fused-ring (bicyclic) bond motifs is 1. The van der Waals surface area contributed by atoms with Gasteiger partial charge in [-0.25, -0.2) is 4.98 Å². The van der Waals surface area contributed by atoms with Crippen molar-refractivity contribution in [2.24, 2.45) is 0 Å². The van der Waals surface area contributed by atoms with Crippen molar-refractivity contribution in [2.45, 2.75) is 13.8 Å². The fourth-order valence-electron chi connectivity index (χ4n) is 2.92. The van der Waals surface area contributed by atoms with Crippen LogP contribution >= 0.6 is 15.9 Å². The summed E-state index contributed by atoms with van der Waals surface area (Å²) in [4.78, 5) is 4.28. The highest BCUT2D eigenvalue weighted by Gasteiger charge is 2.20. The zero-order valence-electron chi connectivity index (χ0n) is 13.0. The molecule has 5 nitrogen and oxygen atoms in total. The van der Waals surface area contributed by atoms with Crippen LogP contribution in [0.4, 0.5) is 5.82 Å². The molecule has 1 aromatic carbocycles. The number of nitrogens with zero attached hydrogens (tertiary/aromatic N) is 3. The number of aryl methyl sites for hydroxylation is 1. The third-order valence-electron chi connectivity index (χ3n) is 4.00. The van der Waals surface area contributed by atoms with Crippen LogP contribution in [-0.2, 0) is 0 Å². The minimum atomic E-state index is 0.404. The third kappa shape index (κ3) is 2.25. The van der Waals surface area contributed by atoms with Crippen molar-refractivity contribution in [1.29, 1.82) is 5.26 Å². The second kappa shape index (κ2) is 5.60. The number of pyridine rings is 1. The van der Waals surface area contributed by atoms with E-state index in [4.69, 9.17) is 10.5 Å². The number of nitrogens with two attached hydrogens (primary N) is 1. The van der Waals surface area contributed by atoms with E-state index in [1.807, 2.05) is 36.6 Å². The van der Waals surface area contributed by atoms with Crippen molar-refractivity contribution in [1.82, 2.24) is 9.55 Å². The Balaban J connectivity index is 2.48. The highest BCUT2D eigenvalue weighted by molar-refractivity contribution is 9.10. The van der Waals surface area contributed by atoms with Gasteiger partial charge in [0.1, 0.15) is 27.8 Å². The molecule has 0 aliphatic carbocycles. The van der Waals surface area contributed by atoms with E-state index in [1.165, 1.54) is 0 Å². The van der Waals surface area contributed by atoms with Crippen LogP contribution in [0.2, 0.25) is 0 Å². The van der Waals surface area contributed by atoms with Gasteiger partial charge in [0, 0.05) is 10.9 Å². The summed E-state index contributed by atoms with van der Waals surface area (Å²) in [5.74, 6) is 1.18. The maximum atomic E-state index is 9.50. The molecule has 2 N–H and O–H groups in total. The zero-order chi connectivity index (χ0) is 16.7. The minimum Gasteiger partial charge on any atom is -0.496 e. The Morgan fingerprint density at radius 1 is 1.35 bits per heavy atom. The maximum absolute atomic E-state index is 9.50. The van der Waals surface area contributed by atoms with Gasteiger partial charge in [0.15, 0.2) is 0 Å². The maximum Gasteiger partial charge on any atom is 0.127 e. The van der Waals surface area contributed by atoms with Crippen molar-refractivity contribution in [3.63, 3.8) is 0 Å². The molecular formula is C17H15BrN4O. The van der Waals surface area contributed by atoms with E-state index in [0.717, 1.165) is 33.5 Å². The predicted molar refractivity (Wildman–Crippen MR) is 93.9 cm³/mol. The monoisotopic (exact) mass is 370 g/mol. The van der Waals surface area contributed by atoms with Gasteiger partial charge < -0.3 is 10.5 Å². The molecule has 0 aliphatic heterocycles. The number of rotatable bonds is 2. The van der Waals surface area contributed by atoms with E-state index in [0.29, 0.717) is 16.0 Å². The Kier molecular flexibility index (Phi) is 3.74. The number of benzene rings is 1. The summed E-state index contributed by atoms with van der Waals surface area (Å²) in [7, 11) is 1.64. The Hall–Kier alpha value is -2.52. The van der Waals surface area contributed by atoms with Crippen molar-refractivity contribution in [3.8, 4) is 17.5 Å². The Morgan fingerprint density at radius 3 is 2.74 bits per heavy atom. The van der Waals surface area contributed by atoms with E-state index in [1.54, 1.807) is 13.3 Å². The van der Waals surface area contributed by atoms with E-state index < -0.39 is 0 Å². The highest BCUT2D eigenvalue weighted by Crippen LogP contribution is 2.36. The number of ether oxygens (including phenoxy) is 1. The van der Waals surface area contributed by atoms with Gasteiger partial charge in [0.25, 0.3) is 0 Å². The Labute approximate surface area is 142 Å². The quantitative estimate of drug-likeness (QED) is 0.694. The van der Waals surface area contributed by atoms with Gasteiger partial charge >= 0.3 is 0 Å². The molecule has 0 aliphatic rings. The highest BCUT2D eigenvalue weighted by atomic mass is 79.9. The van der Waals surface area contributed by atoms with Gasteiger partial charge in [-0.3, -0.25) is 4.57 Å². The SMILES string of the molecule is COc1ccc(C)c(-n2c(N)c(C#N)c3cc(Br)ncc32)c1C. The normalized spacial score (nSPS) is 10.7. The van der Waals surface area contributed by atoms with E-state index >= 15 is 0 Å². The molecule has 0 unspecified atom stereocenters. The molecule has 0 bridgehead atoms. The number of hydrogen-bond acceptors (Lipinski definition) is 4. The molecule has 2 aromatic heterocycles. The van der Waals surface area contributed by atoms with Crippen molar-refractivity contribution in [3.05, 3.63) is 45.7 Å². The first-order valence-electron chi connectivity index (χ1n) is 6.99. The van der Waals surface area contributed by atoms with Crippen LogP contribution in [0.5, 0.6) is 5.75 Å². The lowest BCUT2D eigenvalue weighted by Gasteiger charge is -2.17. The zero-order valence-corrected chi connectivity index (χ0v) is 14.6. The summed E-state index contributed by atoms with van der Waals surface area (Å²) < 4.78 is 7.96. The first-order valence-corrected chi connectivity index (χ1v) is 7.79. The van der Waals surface area contributed by atoms with Gasteiger partial charge in [-0.15, -0.1) is 0 Å². The minimum absolute atomic E-state index is 0.404. The van der Waals surface area contributed by atoms with E-state index in [2.05, 4.69) is 27.0 Å². The van der Waals surface area contributed by atoms with E-state index in [-0.39, 0.29) is 0 Å². The van der Waals surface area contributed by atoms with Gasteiger partial charge in [-0.1, -0.05) is 6.07 Å². The number of nitrogen functional groups attached to an aromatic ring is 1. The van der Waals surface area contributed by atoms with Crippen molar-refractivity contribution >= 4 is 32.7 Å². The molecule has 0 radical (unpaired) electrons. The standard InChI is InChI=1S/C17H15BrN4O/c1-9-4-5-14(23-3)10(2)16(9)22-13-8-21-15(18)6-11(13)12(7-19)17(22)20/h4-6,8H,20H2,1-3H3. The molecule has 0 atom stereocenters. The topological polar surface area (TPSA) is 76.9 Å². The molecule has 116 valence electrons. The van der Waals surface area contributed by atoms with Gasteiger partial charge in [-0.05, 0) is 47.5 Å². The first-order chi connectivity index (χ1) is 11.0. The molecule has 6 heteroatoms. The largest absolute Gasteiger partial charge is 0.496 e. The summed E-state index contributed by atoms with van der Waals surface area (Å²) in [6.45, 7) is 3.98. The Morgan fingerprint density at radius 2 is 2.09 bits per heavy atom. The predicted octanol–water partition coefficient (Wildman–Crippen LogP) is 3.87. The molecule has 0 saturated heterocycles. The second-order valence-corrected chi connectivity index (χ2v) is 6.10. The number of aromatic nitrogens is 2. The lowest BCUT2D eigenvalue weighted by Crippen LogP contribution is -2.06. The van der Waals surface area contributed by atoms with Crippen LogP contribution in [0.1, 0.15) is 16.7 Å². The first kappa shape index (κ1) is 15.4. The average molecular weight is 371 g/mol. The Bertz CT molecular complexity index is 969. The van der Waals surface area contributed by atoms with Crippen LogP contribution in [0.25, 0.3) is 16.6 Å². The summed E-state index contributed by atoms with van der Waals surface area (Å²) >= 11 is 3.35. The van der Waals surface area contributed by atoms with Crippen LogP contribution < -0.4 is 10.5 Å². The van der Waals surface area contributed by atoms with Crippen LogP contribution in [0.15, 0.2) is 29.0 Å². The third-order valence-corrected chi connectivity index (χ3v) is 4.43. The summed E-state index contributed by atoms with van der Waals surface area (Å²) in [5.41, 5.74) is 10.5. The lowest BCUT2D eigenvalue weighted by atomic mass is 10.1. The molecule has 3 rings (SSSR count). The van der Waals surface area contributed by atoms with Crippen LogP contribution in [0.3, 0.4) is 0 Å². The summed E-state index contributed by atoms with van der Waals surface area (Å²) in [6.07, 6.45) is 1.72. The molecule has 0 fully saturated rings. The second-order valence-electron chi connectivity index (χ2n) is 5.29. The number of halogens is 1. The molecule has 0 amide bonds.